The molecule has 0 saturated carbocycles. The molecule has 60 heavy (non-hydrogen) atoms. The number of nitrogens with zero attached hydrogens (tertiary/aromatic N) is 9. The number of hydrogen-bond acceptors (Lipinski definition) is 21. The van der Waals surface area contributed by atoms with E-state index in [0.29, 0.717) is 19.3 Å². The molecule has 330 valence electrons. The van der Waals surface area contributed by atoms with E-state index in [-0.39, 0.29) is 107 Å². The lowest BCUT2D eigenvalue weighted by atomic mass is 10.2. The first-order valence-electron chi connectivity index (χ1n) is 18.7. The van der Waals surface area contributed by atoms with Crippen LogP contribution < -0.4 is 33.0 Å². The number of nitrogens with one attached hydrogen (secondary N) is 3. The highest BCUT2D eigenvalue weighted by Crippen LogP contribution is 2.42. The Morgan fingerprint density at radius 1 is 0.550 bits per heavy atom. The lowest BCUT2D eigenvalue weighted by Crippen LogP contribution is -2.27. The summed E-state index contributed by atoms with van der Waals surface area (Å²) in [6.07, 6.45) is 3.75. The Kier molecular flexibility index (Phi) is 18.5. The molecular weight excluding hydrogens is 853 g/mol. The summed E-state index contributed by atoms with van der Waals surface area (Å²) in [6.45, 7) is 4.60. The first kappa shape index (κ1) is 48.3. The van der Waals surface area contributed by atoms with E-state index in [1.807, 2.05) is 0 Å². The van der Waals surface area contributed by atoms with Crippen molar-refractivity contribution in [1.29, 1.82) is 0 Å². The van der Waals surface area contributed by atoms with Crippen LogP contribution in [0.3, 0.4) is 0 Å². The van der Waals surface area contributed by atoms with Crippen LogP contribution in [0.5, 0.6) is 0 Å². The third-order valence-corrected chi connectivity index (χ3v) is 13.6. The molecule has 6 heterocycles. The number of amides is 3. The fraction of sp³-hybridized carbons (Fsp3) is 0.636. The van der Waals surface area contributed by atoms with Gasteiger partial charge in [0, 0.05) is 38.5 Å². The zero-order chi connectivity index (χ0) is 44.1. The van der Waals surface area contributed by atoms with E-state index in [0.717, 1.165) is 0 Å². The molecule has 3 amide bonds. The second kappa shape index (κ2) is 23.0. The smallest absolute Gasteiger partial charge is 0.353 e. The van der Waals surface area contributed by atoms with E-state index >= 15 is 0 Å². The van der Waals surface area contributed by atoms with Gasteiger partial charge >= 0.3 is 17.1 Å². The number of aliphatic hydroxyl groups is 6. The first-order chi connectivity index (χ1) is 28.6. The molecule has 0 aromatic carbocycles. The fourth-order valence-electron chi connectivity index (χ4n) is 5.59. The predicted octanol–water partition coefficient (Wildman–Crippen LogP) is -1.97. The minimum atomic E-state index is -0.665. The van der Waals surface area contributed by atoms with Crippen LogP contribution in [0.1, 0.15) is 75.4 Å². The molecule has 0 unspecified atom stereocenters. The maximum Gasteiger partial charge on any atom is 0.353 e. The highest BCUT2D eigenvalue weighted by molar-refractivity contribution is 8.00. The van der Waals surface area contributed by atoms with Crippen LogP contribution in [0.15, 0.2) is 33.4 Å². The van der Waals surface area contributed by atoms with Gasteiger partial charge in [0.15, 0.2) is 0 Å². The zero-order valence-corrected chi connectivity index (χ0v) is 35.1. The molecule has 3 fully saturated rings. The molecule has 6 rings (SSSR count). The predicted molar refractivity (Wildman–Crippen MR) is 220 cm³/mol. The summed E-state index contributed by atoms with van der Waals surface area (Å²) in [5.41, 5.74) is -1.64. The topological polar surface area (TPSA) is 352 Å². The molecule has 3 aliphatic heterocycles. The molecule has 0 aliphatic carbocycles. The number of anilines is 3. The van der Waals surface area contributed by atoms with Gasteiger partial charge in [0.1, 0.15) is 19.0 Å². The van der Waals surface area contributed by atoms with Crippen molar-refractivity contribution < 1.29 is 45.0 Å². The normalized spacial score (nSPS) is 25.6. The van der Waals surface area contributed by atoms with E-state index in [4.69, 9.17) is 15.3 Å². The van der Waals surface area contributed by atoms with Crippen LogP contribution in [0, 0.1) is 0 Å². The molecular formula is C33H48N12O12S3. The average Bonchev–Trinajstić information content (AvgIpc) is 3.92. The van der Waals surface area contributed by atoms with Crippen molar-refractivity contribution >= 4 is 70.9 Å². The van der Waals surface area contributed by atoms with Gasteiger partial charge in [-0.3, -0.25) is 44.0 Å². The largest absolute Gasteiger partial charge is 0.395 e. The minimum absolute atomic E-state index is 0.0275. The summed E-state index contributed by atoms with van der Waals surface area (Å²) in [7, 11) is 0. The van der Waals surface area contributed by atoms with Gasteiger partial charge in [-0.1, -0.05) is 20.8 Å². The fourth-order valence-corrected chi connectivity index (χ4v) is 9.69. The third kappa shape index (κ3) is 13.1. The Morgan fingerprint density at radius 3 is 0.983 bits per heavy atom. The number of carbonyl (C=O) groups excluding carboxylic acids is 3. The molecule has 3 saturated heterocycles. The van der Waals surface area contributed by atoms with Crippen LogP contribution in [0.25, 0.3) is 0 Å². The lowest BCUT2D eigenvalue weighted by molar-refractivity contribution is -0.116. The van der Waals surface area contributed by atoms with Crippen LogP contribution in [0.2, 0.25) is 0 Å². The summed E-state index contributed by atoms with van der Waals surface area (Å²) in [6, 6.07) is 0. The molecule has 9 N–H and O–H groups in total. The summed E-state index contributed by atoms with van der Waals surface area (Å²) in [5.74, 6) is -0.893. The Morgan fingerprint density at radius 2 is 0.800 bits per heavy atom. The molecule has 0 bridgehead atoms. The van der Waals surface area contributed by atoms with Gasteiger partial charge in [0.25, 0.3) is 0 Å². The molecule has 3 aromatic heterocycles. The van der Waals surface area contributed by atoms with Crippen molar-refractivity contribution in [2.24, 2.45) is 0 Å². The maximum atomic E-state index is 11.9. The zero-order valence-electron chi connectivity index (χ0n) is 32.7. The van der Waals surface area contributed by atoms with E-state index < -0.39 is 35.4 Å². The monoisotopic (exact) mass is 900 g/mol. The van der Waals surface area contributed by atoms with E-state index in [1.165, 1.54) is 68.0 Å². The van der Waals surface area contributed by atoms with Gasteiger partial charge in [0.2, 0.25) is 35.6 Å². The molecule has 3 aromatic rings. The Bertz CT molecular complexity index is 1880. The molecule has 0 radical (unpaired) electrons. The summed E-state index contributed by atoms with van der Waals surface area (Å²) in [5, 5.41) is 61.8. The standard InChI is InChI=1S/3C11H16N4O4S/c3*1-2-8(18)13-10-12-5-15(11(19)14-10)9-3-6(17)7(4-16)20-9/h3*5-7,9,16-17H,2-4H2,1H3,(H,13,14,18,19)/t3*6-,7-,9-/m111/s1. The lowest BCUT2D eigenvalue weighted by Gasteiger charge is -2.12. The average molecular weight is 901 g/mol. The van der Waals surface area contributed by atoms with E-state index in [9.17, 15) is 44.1 Å². The van der Waals surface area contributed by atoms with Crippen molar-refractivity contribution in [3.63, 3.8) is 0 Å². The second-order valence-corrected chi connectivity index (χ2v) is 17.4. The summed E-state index contributed by atoms with van der Waals surface area (Å²) in [4.78, 5) is 92.1. The van der Waals surface area contributed by atoms with Crippen LogP contribution >= 0.6 is 35.3 Å². The van der Waals surface area contributed by atoms with Crippen LogP contribution in [-0.4, -0.2) is 146 Å². The van der Waals surface area contributed by atoms with E-state index in [1.54, 1.807) is 20.8 Å². The molecule has 9 atom stereocenters. The van der Waals surface area contributed by atoms with Gasteiger partial charge in [-0.25, -0.2) is 29.3 Å². The maximum absolute atomic E-state index is 11.9. The molecule has 0 spiro atoms. The van der Waals surface area contributed by atoms with Crippen LogP contribution in [0.4, 0.5) is 17.8 Å². The van der Waals surface area contributed by atoms with Gasteiger partial charge in [-0.15, -0.1) is 35.3 Å². The highest BCUT2D eigenvalue weighted by Gasteiger charge is 2.37. The number of thioether (sulfide) groups is 3. The number of aliphatic hydroxyl groups excluding tert-OH is 6. The van der Waals surface area contributed by atoms with Crippen LogP contribution in [-0.2, 0) is 14.4 Å². The Labute approximate surface area is 354 Å². The Hall–Kier alpha value is -4.35. The molecule has 24 nitrogen and oxygen atoms in total. The number of carbonyl (C=O) groups is 3. The summed E-state index contributed by atoms with van der Waals surface area (Å²) < 4.78 is 3.89. The van der Waals surface area contributed by atoms with Crippen molar-refractivity contribution in [2.45, 2.75) is 109 Å². The van der Waals surface area contributed by atoms with Crippen molar-refractivity contribution in [3.8, 4) is 0 Å². The second-order valence-electron chi connectivity index (χ2n) is 13.2. The Balaban J connectivity index is 0.000000198. The molecule has 3 aliphatic rings. The summed E-state index contributed by atoms with van der Waals surface area (Å²) >= 11 is 3.92. The quantitative estimate of drug-likeness (QED) is 0.0952. The highest BCUT2D eigenvalue weighted by atomic mass is 32.2. The van der Waals surface area contributed by atoms with Gasteiger partial charge < -0.3 is 30.6 Å². The van der Waals surface area contributed by atoms with Gasteiger partial charge in [-0.05, 0) is 0 Å². The number of hydrogen-bond donors (Lipinski definition) is 9. The number of aromatic nitrogens is 9. The minimum Gasteiger partial charge on any atom is -0.395 e. The first-order valence-corrected chi connectivity index (χ1v) is 21.6. The molecule has 27 heteroatoms. The van der Waals surface area contributed by atoms with E-state index in [2.05, 4.69) is 45.9 Å². The third-order valence-electron chi connectivity index (χ3n) is 8.98. The van der Waals surface area contributed by atoms with Gasteiger partial charge in [-0.2, -0.15) is 15.0 Å². The van der Waals surface area contributed by atoms with Crippen molar-refractivity contribution in [2.75, 3.05) is 35.8 Å². The van der Waals surface area contributed by atoms with Gasteiger partial charge in [0.05, 0.1) is 70.0 Å². The van der Waals surface area contributed by atoms with Crippen molar-refractivity contribution in [3.05, 3.63) is 50.4 Å². The number of rotatable bonds is 12. The SMILES string of the molecule is CCC(=O)Nc1ncn([C@H]2C[C@@H](O)[C@@H](CO)S2)c(=O)n1.CCC(=O)Nc1ncn([C@H]2C[C@@H](O)[C@@H](CO)S2)c(=O)n1.CCC(=O)Nc1ncn([C@H]2C[C@@H](O)[C@@H](CO)S2)c(=O)n1. The van der Waals surface area contributed by atoms with Crippen molar-refractivity contribution in [1.82, 2.24) is 43.6 Å².